The van der Waals surface area contributed by atoms with Crippen molar-refractivity contribution in [1.82, 2.24) is 0 Å². The van der Waals surface area contributed by atoms with Crippen LogP contribution >= 0.6 is 0 Å². The molecule has 0 saturated carbocycles. The molecule has 0 saturated heterocycles. The van der Waals surface area contributed by atoms with Crippen LogP contribution in [0, 0.1) is 0 Å². The van der Waals surface area contributed by atoms with Gasteiger partial charge in [-0.15, -0.1) is 0 Å². The van der Waals surface area contributed by atoms with Crippen molar-refractivity contribution in [2.75, 3.05) is 4.90 Å². The zero-order valence-corrected chi connectivity index (χ0v) is 35.2. The molecule has 0 fully saturated rings. The van der Waals surface area contributed by atoms with E-state index in [1.54, 1.807) is 0 Å². The number of hydrogen-bond acceptors (Lipinski definition) is 1. The van der Waals surface area contributed by atoms with Crippen molar-refractivity contribution in [3.05, 3.63) is 235 Å². The molecule has 0 atom stereocenters. The molecule has 61 heavy (non-hydrogen) atoms. The van der Waals surface area contributed by atoms with Gasteiger partial charge in [0.15, 0.2) is 0 Å². The summed E-state index contributed by atoms with van der Waals surface area (Å²) in [6, 6.07) is 78.6. The van der Waals surface area contributed by atoms with Crippen LogP contribution in [-0.2, 0) is 10.8 Å². The van der Waals surface area contributed by atoms with Crippen LogP contribution in [0.25, 0.3) is 66.8 Å². The predicted molar refractivity (Wildman–Crippen MR) is 258 cm³/mol. The largest absolute Gasteiger partial charge is 0.309 e. The first-order chi connectivity index (χ1) is 29.8. The fraction of sp³-hybridized carbons (Fsp3) is 0.100. The Morgan fingerprint density at radius 2 is 0.639 bits per heavy atom. The lowest BCUT2D eigenvalue weighted by Crippen LogP contribution is -2.16. The molecule has 2 aliphatic carbocycles. The van der Waals surface area contributed by atoms with Crippen molar-refractivity contribution in [2.45, 2.75) is 38.5 Å². The van der Waals surface area contributed by atoms with E-state index in [9.17, 15) is 0 Å². The van der Waals surface area contributed by atoms with Gasteiger partial charge in [0, 0.05) is 27.6 Å². The van der Waals surface area contributed by atoms with Crippen LogP contribution in [0.15, 0.2) is 212 Å². The molecule has 0 amide bonds. The summed E-state index contributed by atoms with van der Waals surface area (Å²) in [4.78, 5) is 2.54. The van der Waals surface area contributed by atoms with Crippen LogP contribution < -0.4 is 4.90 Å². The van der Waals surface area contributed by atoms with Crippen molar-refractivity contribution < 1.29 is 0 Å². The summed E-state index contributed by atoms with van der Waals surface area (Å²) in [5.74, 6) is 0. The highest BCUT2D eigenvalue weighted by molar-refractivity contribution is 6.04. The number of nitrogens with zero attached hydrogens (tertiary/aromatic N) is 1. The Balaban J connectivity index is 1.18. The van der Waals surface area contributed by atoms with E-state index in [0.717, 1.165) is 11.4 Å². The van der Waals surface area contributed by atoms with E-state index in [4.69, 9.17) is 0 Å². The number of benzene rings is 9. The molecular formula is C60H47N. The molecule has 0 aliphatic heterocycles. The summed E-state index contributed by atoms with van der Waals surface area (Å²) in [6.07, 6.45) is 0. The standard InChI is InChI=1S/C60H47N/c1-59(2)50-30-15-13-26-48(50)56-45(28-17-32-52(56)59)42-36-38-43(39-37-42)61(55-35-19-33-53-58(55)49-27-14-16-31-51(49)60(53,3)4)54-34-18-29-46(41-22-9-6-10-23-41)57(54)47-25-12-11-24-44(47)40-20-7-5-8-21-40/h5-39H,1-4H3. The minimum absolute atomic E-state index is 0.0629. The van der Waals surface area contributed by atoms with Crippen LogP contribution in [0.3, 0.4) is 0 Å². The van der Waals surface area contributed by atoms with Gasteiger partial charge in [0.1, 0.15) is 0 Å². The molecule has 0 unspecified atom stereocenters. The Labute approximate surface area is 360 Å². The van der Waals surface area contributed by atoms with Crippen molar-refractivity contribution in [1.29, 1.82) is 0 Å². The van der Waals surface area contributed by atoms with Gasteiger partial charge in [-0.25, -0.2) is 0 Å². The zero-order valence-electron chi connectivity index (χ0n) is 35.2. The van der Waals surface area contributed by atoms with Gasteiger partial charge in [0.2, 0.25) is 0 Å². The maximum absolute atomic E-state index is 2.54. The van der Waals surface area contributed by atoms with E-state index in [1.165, 1.54) is 94.7 Å². The summed E-state index contributed by atoms with van der Waals surface area (Å²) >= 11 is 0. The van der Waals surface area contributed by atoms with Crippen LogP contribution in [0.1, 0.15) is 49.9 Å². The topological polar surface area (TPSA) is 3.24 Å². The van der Waals surface area contributed by atoms with Crippen molar-refractivity contribution in [3.8, 4) is 66.8 Å². The van der Waals surface area contributed by atoms with Crippen LogP contribution in [-0.4, -0.2) is 0 Å². The second-order valence-electron chi connectivity index (χ2n) is 17.6. The molecule has 0 radical (unpaired) electrons. The quantitative estimate of drug-likeness (QED) is 0.156. The van der Waals surface area contributed by atoms with Gasteiger partial charge in [0.05, 0.1) is 11.4 Å². The Morgan fingerprint density at radius 3 is 1.25 bits per heavy atom. The molecule has 9 aromatic carbocycles. The molecule has 9 aromatic rings. The number of fused-ring (bicyclic) bond motifs is 6. The first kappa shape index (κ1) is 36.8. The molecule has 0 spiro atoms. The third kappa shape index (κ3) is 5.76. The Hall–Kier alpha value is -7.22. The van der Waals surface area contributed by atoms with E-state index in [2.05, 4.69) is 245 Å². The normalized spacial score (nSPS) is 13.8. The number of rotatable bonds is 7. The molecule has 2 aliphatic rings. The first-order valence-corrected chi connectivity index (χ1v) is 21.5. The molecule has 1 heteroatoms. The SMILES string of the molecule is CC1(C)c2ccccc2-c2c(-c3ccc(N(c4cccc(-c5ccccc5)c4-c4ccccc4-c4ccccc4)c4cccc5c4-c4ccccc4C5(C)C)cc3)cccc21. The molecule has 11 rings (SSSR count). The van der Waals surface area contributed by atoms with Gasteiger partial charge in [-0.2, -0.15) is 0 Å². The van der Waals surface area contributed by atoms with Crippen molar-refractivity contribution in [3.63, 3.8) is 0 Å². The van der Waals surface area contributed by atoms with Gasteiger partial charge >= 0.3 is 0 Å². The average Bonchev–Trinajstić information content (AvgIpc) is 3.70. The lowest BCUT2D eigenvalue weighted by molar-refractivity contribution is 0.660. The number of anilines is 3. The highest BCUT2D eigenvalue weighted by atomic mass is 15.1. The molecular weight excluding hydrogens is 735 g/mol. The number of hydrogen-bond donors (Lipinski definition) is 0. The van der Waals surface area contributed by atoms with E-state index in [0.29, 0.717) is 0 Å². The lowest BCUT2D eigenvalue weighted by Gasteiger charge is -2.32. The van der Waals surface area contributed by atoms with Crippen LogP contribution in [0.2, 0.25) is 0 Å². The van der Waals surface area contributed by atoms with E-state index < -0.39 is 0 Å². The maximum atomic E-state index is 2.54. The molecule has 0 bridgehead atoms. The van der Waals surface area contributed by atoms with E-state index in [-0.39, 0.29) is 10.8 Å². The Morgan fingerprint density at radius 1 is 0.262 bits per heavy atom. The highest BCUT2D eigenvalue weighted by Gasteiger charge is 2.39. The smallest absolute Gasteiger partial charge is 0.0546 e. The van der Waals surface area contributed by atoms with Crippen molar-refractivity contribution >= 4 is 17.1 Å². The molecule has 0 aromatic heterocycles. The van der Waals surface area contributed by atoms with Gasteiger partial charge in [-0.05, 0) is 102 Å². The summed E-state index contributed by atoms with van der Waals surface area (Å²) < 4.78 is 0. The fourth-order valence-electron chi connectivity index (χ4n) is 10.6. The highest BCUT2D eigenvalue weighted by Crippen LogP contribution is 2.57. The van der Waals surface area contributed by atoms with Crippen LogP contribution in [0.5, 0.6) is 0 Å². The van der Waals surface area contributed by atoms with Gasteiger partial charge in [-0.1, -0.05) is 216 Å². The zero-order chi connectivity index (χ0) is 41.3. The Kier molecular flexibility index (Phi) is 8.58. The third-order valence-electron chi connectivity index (χ3n) is 13.5. The summed E-state index contributed by atoms with van der Waals surface area (Å²) in [6.45, 7) is 9.46. The molecule has 0 heterocycles. The summed E-state index contributed by atoms with van der Waals surface area (Å²) in [5.41, 5.74) is 23.6. The predicted octanol–water partition coefficient (Wildman–Crippen LogP) is 16.4. The summed E-state index contributed by atoms with van der Waals surface area (Å²) in [5, 5.41) is 0. The molecule has 0 N–H and O–H groups in total. The Bertz CT molecular complexity index is 3120. The van der Waals surface area contributed by atoms with Crippen molar-refractivity contribution in [2.24, 2.45) is 0 Å². The summed E-state index contributed by atoms with van der Waals surface area (Å²) in [7, 11) is 0. The minimum atomic E-state index is -0.149. The lowest BCUT2D eigenvalue weighted by atomic mass is 9.82. The monoisotopic (exact) mass is 781 g/mol. The van der Waals surface area contributed by atoms with E-state index in [1.807, 2.05) is 0 Å². The third-order valence-corrected chi connectivity index (χ3v) is 13.5. The van der Waals surface area contributed by atoms with Gasteiger partial charge in [-0.3, -0.25) is 0 Å². The van der Waals surface area contributed by atoms with E-state index >= 15 is 0 Å². The van der Waals surface area contributed by atoms with Gasteiger partial charge in [0.25, 0.3) is 0 Å². The molecule has 1 nitrogen and oxygen atoms in total. The second-order valence-corrected chi connectivity index (χ2v) is 17.6. The maximum Gasteiger partial charge on any atom is 0.0546 e. The average molecular weight is 782 g/mol. The minimum Gasteiger partial charge on any atom is -0.309 e. The molecule has 292 valence electrons. The van der Waals surface area contributed by atoms with Crippen LogP contribution in [0.4, 0.5) is 17.1 Å². The fourth-order valence-corrected chi connectivity index (χ4v) is 10.6. The first-order valence-electron chi connectivity index (χ1n) is 21.5. The second kappa shape index (κ2) is 14.2. The van der Waals surface area contributed by atoms with Gasteiger partial charge < -0.3 is 4.90 Å².